The Hall–Kier alpha value is -1.26. The van der Waals surface area contributed by atoms with Crippen LogP contribution in [0.2, 0.25) is 0 Å². The molecule has 9 heteroatoms. The van der Waals surface area contributed by atoms with Gasteiger partial charge in [0.2, 0.25) is 0 Å². The molecule has 0 saturated heterocycles. The van der Waals surface area contributed by atoms with Gasteiger partial charge in [-0.25, -0.2) is 0 Å². The maximum Gasteiger partial charge on any atom is 0.310 e. The van der Waals surface area contributed by atoms with E-state index in [1.165, 1.54) is 14.2 Å². The molecule has 1 atom stereocenters. The lowest BCUT2D eigenvalue weighted by Gasteiger charge is -2.19. The van der Waals surface area contributed by atoms with E-state index in [9.17, 15) is 9.59 Å². The molecule has 9 nitrogen and oxygen atoms in total. The zero-order chi connectivity index (χ0) is 21.9. The van der Waals surface area contributed by atoms with Crippen LogP contribution in [-0.4, -0.2) is 79.4 Å². The fraction of sp³-hybridized carbons (Fsp3) is 0.900. The molecule has 0 radical (unpaired) electrons. The van der Waals surface area contributed by atoms with Crippen molar-refractivity contribution in [2.45, 2.75) is 58.0 Å². The van der Waals surface area contributed by atoms with Crippen LogP contribution in [0.15, 0.2) is 0 Å². The van der Waals surface area contributed by atoms with E-state index in [0.717, 1.165) is 19.3 Å². The van der Waals surface area contributed by atoms with Crippen LogP contribution in [-0.2, 0) is 42.7 Å². The molecule has 0 amide bonds. The Labute approximate surface area is 174 Å². The Bertz CT molecular complexity index is 409. The quantitative estimate of drug-likeness (QED) is 0.176. The molecule has 0 bridgehead atoms. The smallest absolute Gasteiger partial charge is 0.310 e. The number of hydrogen-bond donors (Lipinski definition) is 0. The summed E-state index contributed by atoms with van der Waals surface area (Å²) in [5.74, 6) is -0.962. The average Bonchev–Trinajstić information content (AvgIpc) is 2.73. The number of unbranched alkanes of at least 4 members (excludes halogenated alkanes) is 1. The van der Waals surface area contributed by atoms with Gasteiger partial charge in [0, 0.05) is 41.5 Å². The van der Waals surface area contributed by atoms with Crippen molar-refractivity contribution in [3.8, 4) is 0 Å². The summed E-state index contributed by atoms with van der Waals surface area (Å²) < 4.78 is 36.4. The van der Waals surface area contributed by atoms with E-state index >= 15 is 0 Å². The van der Waals surface area contributed by atoms with E-state index in [2.05, 4.69) is 0 Å². The summed E-state index contributed by atoms with van der Waals surface area (Å²) in [5, 5.41) is 0. The van der Waals surface area contributed by atoms with Crippen molar-refractivity contribution in [1.82, 2.24) is 0 Å². The number of esters is 2. The van der Waals surface area contributed by atoms with Crippen LogP contribution in [0.3, 0.4) is 0 Å². The van der Waals surface area contributed by atoms with Gasteiger partial charge in [-0.3, -0.25) is 9.59 Å². The van der Waals surface area contributed by atoms with Crippen molar-refractivity contribution >= 4 is 11.9 Å². The van der Waals surface area contributed by atoms with E-state index in [-0.39, 0.29) is 37.8 Å². The molecule has 1 unspecified atom stereocenters. The van der Waals surface area contributed by atoms with Gasteiger partial charge in [-0.2, -0.15) is 0 Å². The number of rotatable bonds is 19. The van der Waals surface area contributed by atoms with Crippen molar-refractivity contribution < 1.29 is 42.7 Å². The predicted octanol–water partition coefficient (Wildman–Crippen LogP) is 2.30. The lowest BCUT2D eigenvalue weighted by molar-refractivity contribution is -0.162. The molecule has 0 N–H and O–H groups in total. The Balaban J connectivity index is 4.28. The van der Waals surface area contributed by atoms with Crippen LogP contribution in [0.4, 0.5) is 0 Å². The highest BCUT2D eigenvalue weighted by Crippen LogP contribution is 2.08. The second-order valence-corrected chi connectivity index (χ2v) is 6.56. The molecule has 0 aromatic carbocycles. The Kier molecular flexibility index (Phi) is 17.9. The van der Waals surface area contributed by atoms with Gasteiger partial charge in [-0.15, -0.1) is 0 Å². The summed E-state index contributed by atoms with van der Waals surface area (Å²) >= 11 is 0. The molecule has 0 aromatic heterocycles. The molecule has 0 aliphatic rings. The summed E-state index contributed by atoms with van der Waals surface area (Å²) in [4.78, 5) is 23.5. The summed E-state index contributed by atoms with van der Waals surface area (Å²) in [7, 11) is 6.12. The maximum absolute atomic E-state index is 11.9. The fourth-order valence-corrected chi connectivity index (χ4v) is 2.40. The van der Waals surface area contributed by atoms with Crippen LogP contribution in [0, 0.1) is 5.92 Å². The molecule has 0 heterocycles. The zero-order valence-corrected chi connectivity index (χ0v) is 18.5. The first-order chi connectivity index (χ1) is 14.0. The second-order valence-electron chi connectivity index (χ2n) is 6.56. The third-order valence-electron chi connectivity index (χ3n) is 4.13. The third-order valence-corrected chi connectivity index (χ3v) is 4.13. The predicted molar refractivity (Wildman–Crippen MR) is 105 cm³/mol. The van der Waals surface area contributed by atoms with Gasteiger partial charge in [0.1, 0.15) is 0 Å². The average molecular weight is 423 g/mol. The number of carbonyl (C=O) groups excluding carboxylic acids is 2. The van der Waals surface area contributed by atoms with Crippen molar-refractivity contribution in [2.24, 2.45) is 5.92 Å². The highest BCUT2D eigenvalue weighted by atomic mass is 16.7. The molecule has 0 aromatic rings. The van der Waals surface area contributed by atoms with Gasteiger partial charge in [-0.05, 0) is 25.7 Å². The van der Waals surface area contributed by atoms with Crippen molar-refractivity contribution in [1.29, 1.82) is 0 Å². The van der Waals surface area contributed by atoms with Crippen LogP contribution in [0.25, 0.3) is 0 Å². The SMILES string of the molecule is CCCC(=O)OCC(COCCCCC(OC)OC)COC(=O)CC(OC)OC. The van der Waals surface area contributed by atoms with Gasteiger partial charge in [-0.1, -0.05) is 6.92 Å². The van der Waals surface area contributed by atoms with Crippen LogP contribution in [0.5, 0.6) is 0 Å². The van der Waals surface area contributed by atoms with E-state index < -0.39 is 12.3 Å². The second kappa shape index (κ2) is 18.7. The van der Waals surface area contributed by atoms with E-state index in [4.69, 9.17) is 33.2 Å². The topological polar surface area (TPSA) is 98.8 Å². The number of ether oxygens (including phenoxy) is 7. The molecule has 0 fully saturated rings. The highest BCUT2D eigenvalue weighted by molar-refractivity contribution is 5.70. The minimum atomic E-state index is -0.650. The molecule has 29 heavy (non-hydrogen) atoms. The van der Waals surface area contributed by atoms with Crippen molar-refractivity contribution in [3.63, 3.8) is 0 Å². The molecule has 0 rings (SSSR count). The summed E-state index contributed by atoms with van der Waals surface area (Å²) in [5.41, 5.74) is 0. The van der Waals surface area contributed by atoms with Gasteiger partial charge < -0.3 is 33.2 Å². The van der Waals surface area contributed by atoms with E-state index in [0.29, 0.717) is 26.1 Å². The number of hydrogen-bond acceptors (Lipinski definition) is 9. The minimum Gasteiger partial charge on any atom is -0.465 e. The molecule has 172 valence electrons. The van der Waals surface area contributed by atoms with Crippen molar-refractivity contribution in [3.05, 3.63) is 0 Å². The molecule has 0 aliphatic carbocycles. The normalized spacial score (nSPS) is 12.4. The first kappa shape index (κ1) is 27.7. The molecular formula is C20H38O9. The molecular weight excluding hydrogens is 384 g/mol. The van der Waals surface area contributed by atoms with Crippen LogP contribution >= 0.6 is 0 Å². The Morgan fingerprint density at radius 1 is 0.759 bits per heavy atom. The van der Waals surface area contributed by atoms with Crippen LogP contribution in [0.1, 0.15) is 45.4 Å². The van der Waals surface area contributed by atoms with Gasteiger partial charge in [0.25, 0.3) is 0 Å². The first-order valence-corrected chi connectivity index (χ1v) is 10.0. The molecule has 0 spiro atoms. The monoisotopic (exact) mass is 422 g/mol. The van der Waals surface area contributed by atoms with Crippen molar-refractivity contribution in [2.75, 3.05) is 54.9 Å². The highest BCUT2D eigenvalue weighted by Gasteiger charge is 2.18. The van der Waals surface area contributed by atoms with E-state index in [1.54, 1.807) is 14.2 Å². The minimum absolute atomic E-state index is 0.0175. The Morgan fingerprint density at radius 3 is 1.90 bits per heavy atom. The lowest BCUT2D eigenvalue weighted by atomic mass is 10.2. The van der Waals surface area contributed by atoms with Gasteiger partial charge in [0.05, 0.1) is 32.2 Å². The lowest BCUT2D eigenvalue weighted by Crippen LogP contribution is -2.27. The first-order valence-electron chi connectivity index (χ1n) is 10.0. The largest absolute Gasteiger partial charge is 0.465 e. The number of carbonyl (C=O) groups is 2. The fourth-order valence-electron chi connectivity index (χ4n) is 2.40. The zero-order valence-electron chi connectivity index (χ0n) is 18.5. The maximum atomic E-state index is 11.9. The van der Waals surface area contributed by atoms with Crippen LogP contribution < -0.4 is 0 Å². The Morgan fingerprint density at radius 2 is 1.34 bits per heavy atom. The van der Waals surface area contributed by atoms with Gasteiger partial charge >= 0.3 is 11.9 Å². The third kappa shape index (κ3) is 15.3. The summed E-state index contributed by atoms with van der Waals surface area (Å²) in [6.45, 7) is 3.00. The van der Waals surface area contributed by atoms with E-state index in [1.807, 2.05) is 6.92 Å². The van der Waals surface area contributed by atoms with Gasteiger partial charge in [0.15, 0.2) is 12.6 Å². The molecule has 0 aliphatic heterocycles. The number of methoxy groups -OCH3 is 4. The molecule has 0 saturated carbocycles. The summed E-state index contributed by atoms with van der Waals surface area (Å²) in [6, 6.07) is 0. The standard InChI is InChI=1S/C20H38O9/c1-6-9-17(21)28-14-16(15-29-18(22)12-20(25-4)26-5)13-27-11-8-7-10-19(23-2)24-3/h16,19-20H,6-15H2,1-5H3. The summed E-state index contributed by atoms with van der Waals surface area (Å²) in [6.07, 6.45) is 2.72.